The van der Waals surface area contributed by atoms with E-state index in [0.717, 1.165) is 35.9 Å². The number of ketones is 1. The lowest BCUT2D eigenvalue weighted by Gasteiger charge is -2.33. The summed E-state index contributed by atoms with van der Waals surface area (Å²) < 4.78 is 34.2. The number of fused-ring (bicyclic) bond motifs is 1. The summed E-state index contributed by atoms with van der Waals surface area (Å²) in [5.74, 6) is -2.14. The summed E-state index contributed by atoms with van der Waals surface area (Å²) in [6.07, 6.45) is 4.36. The van der Waals surface area contributed by atoms with Gasteiger partial charge in [-0.05, 0) is 77.1 Å². The molecule has 0 aliphatic carbocycles. The lowest BCUT2D eigenvalue weighted by molar-refractivity contribution is 0.0120. The van der Waals surface area contributed by atoms with E-state index in [0.29, 0.717) is 50.5 Å². The molecule has 1 aromatic carbocycles. The Hall–Kier alpha value is -2.55. The second-order valence-corrected chi connectivity index (χ2v) is 11.3. The summed E-state index contributed by atoms with van der Waals surface area (Å²) in [6.45, 7) is 10.4. The molecule has 4 rings (SSSR count). The minimum absolute atomic E-state index is 0.0441. The van der Waals surface area contributed by atoms with Crippen molar-refractivity contribution in [2.24, 2.45) is 5.92 Å². The number of amides is 1. The monoisotopic (exact) mass is 504 g/mol. The molecule has 9 heteroatoms. The Bertz CT molecular complexity index is 1100. The number of likely N-dealkylation sites (tertiary alicyclic amines) is 2. The quantitative estimate of drug-likeness (QED) is 0.479. The van der Waals surface area contributed by atoms with Crippen molar-refractivity contribution >= 4 is 22.8 Å². The molecule has 0 atom stereocenters. The first kappa shape index (κ1) is 26.5. The van der Waals surface area contributed by atoms with Crippen LogP contribution in [0.15, 0.2) is 18.3 Å². The molecule has 36 heavy (non-hydrogen) atoms. The van der Waals surface area contributed by atoms with E-state index in [9.17, 15) is 18.4 Å². The van der Waals surface area contributed by atoms with E-state index < -0.39 is 11.5 Å². The van der Waals surface area contributed by atoms with Gasteiger partial charge in [0.05, 0.1) is 12.1 Å². The highest BCUT2D eigenvalue weighted by Gasteiger charge is 2.37. The second kappa shape index (κ2) is 10.4. The minimum Gasteiger partial charge on any atom is -0.444 e. The van der Waals surface area contributed by atoms with Crippen molar-refractivity contribution < 1.29 is 23.1 Å². The average Bonchev–Trinajstić information content (AvgIpc) is 3.35. The first-order valence-electron chi connectivity index (χ1n) is 13.0. The summed E-state index contributed by atoms with van der Waals surface area (Å²) in [7, 11) is 0. The Kier molecular flexibility index (Phi) is 7.69. The van der Waals surface area contributed by atoms with Crippen LogP contribution >= 0.6 is 0 Å². The van der Waals surface area contributed by atoms with Crippen LogP contribution in [0.1, 0.15) is 68.8 Å². The van der Waals surface area contributed by atoms with Gasteiger partial charge in [-0.3, -0.25) is 14.4 Å². The standard InChI is InChI=1S/C27H38F2N4O3/c1-19-21(24(34)6-5-12-31-15-11-27(28,29)18-31)7-8-23-22(19)17-33(30-23)16-20-9-13-32(14-10-20)25(35)36-26(2,3)4/h7-8,17,20H,5-6,9-16,18H2,1-4H3. The van der Waals surface area contributed by atoms with Crippen LogP contribution in [-0.2, 0) is 11.3 Å². The first-order valence-corrected chi connectivity index (χ1v) is 13.0. The summed E-state index contributed by atoms with van der Waals surface area (Å²) in [5, 5.41) is 5.69. The van der Waals surface area contributed by atoms with E-state index in [4.69, 9.17) is 9.84 Å². The molecule has 1 amide bonds. The highest BCUT2D eigenvalue weighted by molar-refractivity contribution is 6.01. The fourth-order valence-electron chi connectivity index (χ4n) is 5.16. The number of alkyl halides is 2. The van der Waals surface area contributed by atoms with Gasteiger partial charge in [0.15, 0.2) is 5.78 Å². The number of aromatic nitrogens is 2. The molecule has 2 aliphatic rings. The summed E-state index contributed by atoms with van der Waals surface area (Å²) in [6, 6.07) is 3.72. The van der Waals surface area contributed by atoms with Gasteiger partial charge in [-0.25, -0.2) is 13.6 Å². The number of hydrogen-bond acceptors (Lipinski definition) is 5. The Morgan fingerprint density at radius 2 is 1.89 bits per heavy atom. The zero-order chi connectivity index (χ0) is 26.1. The summed E-state index contributed by atoms with van der Waals surface area (Å²) in [4.78, 5) is 28.7. The number of aryl methyl sites for hydroxylation is 1. The smallest absolute Gasteiger partial charge is 0.410 e. The van der Waals surface area contributed by atoms with Gasteiger partial charge >= 0.3 is 6.09 Å². The molecule has 2 saturated heterocycles. The van der Waals surface area contributed by atoms with E-state index in [1.807, 2.05) is 50.7 Å². The number of Topliss-reactive ketones (excluding diaryl/α,β-unsaturated/α-hetero) is 1. The molecule has 3 heterocycles. The molecule has 0 saturated carbocycles. The van der Waals surface area contributed by atoms with Gasteiger partial charge in [0.25, 0.3) is 5.92 Å². The Labute approximate surface area is 211 Å². The highest BCUT2D eigenvalue weighted by Crippen LogP contribution is 2.28. The maximum atomic E-state index is 13.4. The second-order valence-electron chi connectivity index (χ2n) is 11.3. The van der Waals surface area contributed by atoms with Crippen LogP contribution in [0.3, 0.4) is 0 Å². The number of nitrogens with zero attached hydrogens (tertiary/aromatic N) is 4. The van der Waals surface area contributed by atoms with Gasteiger partial charge in [-0.15, -0.1) is 0 Å². The van der Waals surface area contributed by atoms with Gasteiger partial charge in [0.2, 0.25) is 0 Å². The van der Waals surface area contributed by atoms with Crippen molar-refractivity contribution in [2.75, 3.05) is 32.7 Å². The summed E-state index contributed by atoms with van der Waals surface area (Å²) in [5.41, 5.74) is 1.96. The van der Waals surface area contributed by atoms with Gasteiger partial charge in [-0.1, -0.05) is 0 Å². The van der Waals surface area contributed by atoms with Crippen LogP contribution in [0.25, 0.3) is 10.9 Å². The predicted octanol–water partition coefficient (Wildman–Crippen LogP) is 5.30. The third-order valence-electron chi connectivity index (χ3n) is 7.14. The lowest BCUT2D eigenvalue weighted by Crippen LogP contribution is -2.42. The number of ether oxygens (including phenoxy) is 1. The highest BCUT2D eigenvalue weighted by atomic mass is 19.3. The Morgan fingerprint density at radius 1 is 1.17 bits per heavy atom. The zero-order valence-electron chi connectivity index (χ0n) is 21.9. The van der Waals surface area contributed by atoms with E-state index >= 15 is 0 Å². The Balaban J connectivity index is 1.31. The molecule has 7 nitrogen and oxygen atoms in total. The SMILES string of the molecule is Cc1c(C(=O)CCCN2CCC(F)(F)C2)ccc2nn(CC3CCN(C(=O)OC(C)(C)C)CC3)cc12. The topological polar surface area (TPSA) is 67.7 Å². The normalized spacial score (nSPS) is 19.2. The summed E-state index contributed by atoms with van der Waals surface area (Å²) >= 11 is 0. The van der Waals surface area contributed by atoms with Crippen molar-refractivity contribution in [3.8, 4) is 0 Å². The van der Waals surface area contributed by atoms with Crippen LogP contribution in [0.4, 0.5) is 13.6 Å². The van der Waals surface area contributed by atoms with Crippen LogP contribution in [0.2, 0.25) is 0 Å². The van der Waals surface area contributed by atoms with Gasteiger partial charge in [-0.2, -0.15) is 5.10 Å². The maximum absolute atomic E-state index is 13.4. The number of hydrogen-bond donors (Lipinski definition) is 0. The average molecular weight is 505 g/mol. The number of benzene rings is 1. The van der Waals surface area contributed by atoms with Gasteiger partial charge in [0, 0.05) is 56.2 Å². The van der Waals surface area contributed by atoms with E-state index in [1.165, 1.54) is 0 Å². The van der Waals surface area contributed by atoms with Gasteiger partial charge in [0.1, 0.15) is 5.60 Å². The number of carbonyl (C=O) groups excluding carboxylic acids is 2. The molecular formula is C27H38F2N4O3. The molecule has 1 aromatic heterocycles. The van der Waals surface area contributed by atoms with E-state index in [2.05, 4.69) is 0 Å². The first-order chi connectivity index (χ1) is 16.9. The van der Waals surface area contributed by atoms with Gasteiger partial charge < -0.3 is 9.64 Å². The molecule has 0 radical (unpaired) electrons. The van der Waals surface area contributed by atoms with Crippen LogP contribution in [0.5, 0.6) is 0 Å². The van der Waals surface area contributed by atoms with Crippen LogP contribution < -0.4 is 0 Å². The number of rotatable bonds is 7. The number of piperidine rings is 1. The molecule has 0 unspecified atom stereocenters. The third kappa shape index (κ3) is 6.60. The predicted molar refractivity (Wildman–Crippen MR) is 135 cm³/mol. The van der Waals surface area contributed by atoms with Crippen LogP contribution in [0, 0.1) is 12.8 Å². The molecule has 2 aromatic rings. The van der Waals surface area contributed by atoms with Crippen LogP contribution in [-0.4, -0.2) is 75.7 Å². The molecule has 0 bridgehead atoms. The lowest BCUT2D eigenvalue weighted by atomic mass is 9.97. The third-order valence-corrected chi connectivity index (χ3v) is 7.14. The molecule has 198 valence electrons. The van der Waals surface area contributed by atoms with Crippen molar-refractivity contribution in [2.45, 2.75) is 77.9 Å². The number of carbonyl (C=O) groups is 2. The van der Waals surface area contributed by atoms with Crippen molar-refractivity contribution in [3.63, 3.8) is 0 Å². The molecule has 0 spiro atoms. The molecule has 2 aliphatic heterocycles. The Morgan fingerprint density at radius 3 is 2.53 bits per heavy atom. The van der Waals surface area contributed by atoms with Crippen molar-refractivity contribution in [1.29, 1.82) is 0 Å². The van der Waals surface area contributed by atoms with E-state index in [-0.39, 0.29) is 24.8 Å². The zero-order valence-corrected chi connectivity index (χ0v) is 21.9. The maximum Gasteiger partial charge on any atom is 0.410 e. The van der Waals surface area contributed by atoms with Crippen molar-refractivity contribution in [3.05, 3.63) is 29.5 Å². The molecule has 2 fully saturated rings. The minimum atomic E-state index is -2.60. The number of halogens is 2. The fourth-order valence-corrected chi connectivity index (χ4v) is 5.16. The molecule has 0 N–H and O–H groups in total. The van der Waals surface area contributed by atoms with E-state index in [1.54, 1.807) is 9.80 Å². The molecular weight excluding hydrogens is 466 g/mol. The fraction of sp³-hybridized carbons (Fsp3) is 0.667. The van der Waals surface area contributed by atoms with Crippen molar-refractivity contribution in [1.82, 2.24) is 19.6 Å². The largest absolute Gasteiger partial charge is 0.444 e.